The van der Waals surface area contributed by atoms with E-state index < -0.39 is 23.4 Å². The van der Waals surface area contributed by atoms with Gasteiger partial charge in [-0.05, 0) is 134 Å². The minimum Gasteiger partial charge on any atom is -0.444 e. The minimum atomic E-state index is -0.559. The number of rotatable bonds is 6. The Kier molecular flexibility index (Phi) is 12.4. The number of carbonyl (C=O) groups excluding carboxylic acids is 4. The maximum Gasteiger partial charge on any atom is 0.412 e. The van der Waals surface area contributed by atoms with Crippen molar-refractivity contribution in [3.05, 3.63) is 117 Å². The lowest BCUT2D eigenvalue weighted by Gasteiger charge is -2.19. The number of hydrogen-bond donors (Lipinski definition) is 4. The SMILES string of the molecule is CC(C)(C)OC(=O)Nc1ccc(NC(=O)c2cccc3ccccc23)cc1.CC(C)(C)OC(=O)Nc1ccc(NC(=O)c2sccc2Br)cc1. The van der Waals surface area contributed by atoms with E-state index in [4.69, 9.17) is 9.47 Å². The number of benzene rings is 4. The summed E-state index contributed by atoms with van der Waals surface area (Å²) in [5.41, 5.74) is 1.97. The van der Waals surface area contributed by atoms with E-state index in [2.05, 4.69) is 37.2 Å². The molecule has 5 aromatic rings. The Bertz CT molecular complexity index is 1960. The fraction of sp³-hybridized carbons (Fsp3) is 0.211. The standard InChI is InChI=1S/C22H22N2O3.C16H17BrN2O3S/c1-22(2,3)27-21(26)24-17-13-11-16(12-14-17)23-20(25)19-10-6-8-15-7-4-5-9-18(15)19;1-16(2,3)22-15(21)19-11-6-4-10(5-7-11)18-14(20)13-12(17)8-9-23-13/h4-14H,1-3H3,(H,23,25)(H,24,26);4-9H,1-3H3,(H,18,20)(H,19,21). The average Bonchev–Trinajstić information content (AvgIpc) is 3.47. The largest absolute Gasteiger partial charge is 0.444 e. The molecule has 0 aliphatic carbocycles. The van der Waals surface area contributed by atoms with Crippen molar-refractivity contribution >= 4 is 84.8 Å². The molecule has 0 saturated carbocycles. The first kappa shape index (κ1) is 37.6. The lowest BCUT2D eigenvalue weighted by Crippen LogP contribution is -2.27. The van der Waals surface area contributed by atoms with Gasteiger partial charge in [0.25, 0.3) is 11.8 Å². The van der Waals surface area contributed by atoms with Crippen LogP contribution in [0.3, 0.4) is 0 Å². The van der Waals surface area contributed by atoms with Gasteiger partial charge in [0.1, 0.15) is 16.1 Å². The van der Waals surface area contributed by atoms with Gasteiger partial charge in [-0.15, -0.1) is 11.3 Å². The second-order valence-corrected chi connectivity index (χ2v) is 14.7. The Morgan fingerprint density at radius 2 is 1.00 bits per heavy atom. The molecule has 1 heterocycles. The van der Waals surface area contributed by atoms with Crippen LogP contribution in [0.5, 0.6) is 0 Å². The highest BCUT2D eigenvalue weighted by Crippen LogP contribution is 2.25. The summed E-state index contributed by atoms with van der Waals surface area (Å²) in [6, 6.07) is 28.9. The molecule has 0 unspecified atom stereocenters. The van der Waals surface area contributed by atoms with Crippen LogP contribution in [0, 0.1) is 0 Å². The van der Waals surface area contributed by atoms with Gasteiger partial charge in [0.2, 0.25) is 0 Å². The van der Waals surface area contributed by atoms with Gasteiger partial charge in [-0.25, -0.2) is 9.59 Å². The highest BCUT2D eigenvalue weighted by atomic mass is 79.9. The molecule has 1 aromatic heterocycles. The number of fused-ring (bicyclic) bond motifs is 1. The zero-order valence-corrected chi connectivity index (χ0v) is 31.0. The average molecular weight is 760 g/mol. The van der Waals surface area contributed by atoms with E-state index >= 15 is 0 Å². The molecule has 260 valence electrons. The third-order valence-electron chi connectivity index (χ3n) is 6.43. The first-order valence-corrected chi connectivity index (χ1v) is 17.3. The van der Waals surface area contributed by atoms with Crippen LogP contribution in [0.1, 0.15) is 61.6 Å². The molecule has 5 rings (SSSR count). The van der Waals surface area contributed by atoms with Gasteiger partial charge >= 0.3 is 12.2 Å². The molecule has 0 atom stereocenters. The quantitative estimate of drug-likeness (QED) is 0.136. The number of thiophene rings is 1. The molecule has 0 fully saturated rings. The van der Waals surface area contributed by atoms with Crippen molar-refractivity contribution in [2.24, 2.45) is 0 Å². The lowest BCUT2D eigenvalue weighted by molar-refractivity contribution is 0.0624. The molecule has 0 spiro atoms. The summed E-state index contributed by atoms with van der Waals surface area (Å²) in [6.45, 7) is 10.8. The first-order valence-electron chi connectivity index (χ1n) is 15.6. The van der Waals surface area contributed by atoms with Crippen LogP contribution in [-0.4, -0.2) is 35.2 Å². The molecule has 4 amide bonds. The molecular weight excluding hydrogens is 720 g/mol. The molecule has 0 bridgehead atoms. The summed E-state index contributed by atoms with van der Waals surface area (Å²) in [5.74, 6) is -0.362. The third-order valence-corrected chi connectivity index (χ3v) is 8.27. The summed E-state index contributed by atoms with van der Waals surface area (Å²) in [5, 5.41) is 14.7. The monoisotopic (exact) mass is 758 g/mol. The molecule has 12 heteroatoms. The van der Waals surface area contributed by atoms with E-state index in [1.54, 1.807) is 96.1 Å². The number of halogens is 1. The van der Waals surface area contributed by atoms with Gasteiger partial charge < -0.3 is 20.1 Å². The van der Waals surface area contributed by atoms with Crippen LogP contribution in [0.4, 0.5) is 32.3 Å². The van der Waals surface area contributed by atoms with Crippen LogP contribution >= 0.6 is 27.3 Å². The Hall–Kier alpha value is -5.20. The Balaban J connectivity index is 0.000000228. The summed E-state index contributed by atoms with van der Waals surface area (Å²) in [6.07, 6.45) is -1.04. The van der Waals surface area contributed by atoms with Crippen molar-refractivity contribution in [1.82, 2.24) is 0 Å². The number of anilines is 4. The number of hydrogen-bond acceptors (Lipinski definition) is 7. The zero-order valence-electron chi connectivity index (χ0n) is 28.6. The molecule has 0 aliphatic heterocycles. The molecule has 4 aromatic carbocycles. The summed E-state index contributed by atoms with van der Waals surface area (Å²) >= 11 is 4.69. The molecule has 0 saturated heterocycles. The van der Waals surface area contributed by atoms with Gasteiger partial charge in [-0.2, -0.15) is 0 Å². The molecule has 0 aliphatic rings. The maximum atomic E-state index is 12.6. The third kappa shape index (κ3) is 11.7. The van der Waals surface area contributed by atoms with Crippen LogP contribution in [0.25, 0.3) is 10.8 Å². The van der Waals surface area contributed by atoms with E-state index in [1.165, 1.54) is 11.3 Å². The Morgan fingerprint density at radius 3 is 1.46 bits per heavy atom. The van der Waals surface area contributed by atoms with Gasteiger partial charge in [-0.1, -0.05) is 36.4 Å². The van der Waals surface area contributed by atoms with E-state index in [9.17, 15) is 19.2 Å². The summed E-state index contributed by atoms with van der Waals surface area (Å²) < 4.78 is 11.2. The molecule has 4 N–H and O–H groups in total. The maximum absolute atomic E-state index is 12.6. The zero-order chi connectivity index (χ0) is 36.5. The first-order chi connectivity index (χ1) is 23.6. The Labute approximate surface area is 303 Å². The topological polar surface area (TPSA) is 135 Å². The highest BCUT2D eigenvalue weighted by Gasteiger charge is 2.18. The van der Waals surface area contributed by atoms with Gasteiger partial charge in [0.15, 0.2) is 0 Å². The van der Waals surface area contributed by atoms with Crippen molar-refractivity contribution in [1.29, 1.82) is 0 Å². The van der Waals surface area contributed by atoms with Gasteiger partial charge in [0.05, 0.1) is 0 Å². The second-order valence-electron chi connectivity index (χ2n) is 12.9. The minimum absolute atomic E-state index is 0.181. The fourth-order valence-electron chi connectivity index (χ4n) is 4.38. The predicted molar refractivity (Wildman–Crippen MR) is 204 cm³/mol. The lowest BCUT2D eigenvalue weighted by atomic mass is 10.0. The van der Waals surface area contributed by atoms with Crippen molar-refractivity contribution in [2.45, 2.75) is 52.7 Å². The van der Waals surface area contributed by atoms with Crippen LogP contribution in [0.15, 0.2) is 107 Å². The number of carbonyl (C=O) groups is 4. The fourth-order valence-corrected chi connectivity index (χ4v) is 5.83. The smallest absolute Gasteiger partial charge is 0.412 e. The van der Waals surface area contributed by atoms with Gasteiger partial charge in [-0.3, -0.25) is 20.2 Å². The molecule has 50 heavy (non-hydrogen) atoms. The van der Waals surface area contributed by atoms with Crippen LogP contribution < -0.4 is 21.3 Å². The van der Waals surface area contributed by atoms with Crippen LogP contribution in [-0.2, 0) is 9.47 Å². The van der Waals surface area contributed by atoms with Gasteiger partial charge in [0, 0.05) is 32.8 Å². The van der Waals surface area contributed by atoms with Crippen molar-refractivity contribution in [3.8, 4) is 0 Å². The molecular formula is C38H39BrN4O6S. The number of nitrogens with one attached hydrogen (secondary N) is 4. The van der Waals surface area contributed by atoms with Crippen LogP contribution in [0.2, 0.25) is 0 Å². The van der Waals surface area contributed by atoms with Crippen molar-refractivity contribution < 1.29 is 28.7 Å². The number of amides is 4. The second kappa shape index (κ2) is 16.5. The Morgan fingerprint density at radius 1 is 0.560 bits per heavy atom. The summed E-state index contributed by atoms with van der Waals surface area (Å²) in [4.78, 5) is 48.8. The van der Waals surface area contributed by atoms with E-state index in [0.717, 1.165) is 15.2 Å². The normalized spacial score (nSPS) is 11.0. The van der Waals surface area contributed by atoms with E-state index in [1.807, 2.05) is 47.8 Å². The molecule has 10 nitrogen and oxygen atoms in total. The predicted octanol–water partition coefficient (Wildman–Crippen LogP) is 10.5. The number of ether oxygens (including phenoxy) is 2. The molecule has 0 radical (unpaired) electrons. The van der Waals surface area contributed by atoms with E-state index in [-0.39, 0.29) is 11.8 Å². The summed E-state index contributed by atoms with van der Waals surface area (Å²) in [7, 11) is 0. The highest BCUT2D eigenvalue weighted by molar-refractivity contribution is 9.10. The van der Waals surface area contributed by atoms with Crippen molar-refractivity contribution in [2.75, 3.05) is 21.3 Å². The van der Waals surface area contributed by atoms with Crippen molar-refractivity contribution in [3.63, 3.8) is 0 Å². The van der Waals surface area contributed by atoms with E-state index in [0.29, 0.717) is 33.2 Å².